The van der Waals surface area contributed by atoms with E-state index >= 15 is 0 Å². The molecule has 7 nitrogen and oxygen atoms in total. The molecule has 3 rings (SSSR count). The van der Waals surface area contributed by atoms with Crippen LogP contribution in [-0.4, -0.2) is 46.0 Å². The number of benzene rings is 1. The maximum absolute atomic E-state index is 12.3. The first-order chi connectivity index (χ1) is 12.0. The lowest BCUT2D eigenvalue weighted by molar-refractivity contribution is -0.153. The maximum atomic E-state index is 12.3. The van der Waals surface area contributed by atoms with Gasteiger partial charge in [-0.05, 0) is 30.9 Å². The average molecular weight is 343 g/mol. The molecule has 1 aromatic carbocycles. The van der Waals surface area contributed by atoms with Gasteiger partial charge in [-0.25, -0.2) is 4.98 Å². The van der Waals surface area contributed by atoms with Gasteiger partial charge in [-0.1, -0.05) is 19.1 Å². The molecule has 0 saturated carbocycles. The number of hydrogen-bond donors (Lipinski definition) is 0. The van der Waals surface area contributed by atoms with Crippen LogP contribution in [-0.2, 0) is 20.9 Å². The zero-order valence-corrected chi connectivity index (χ0v) is 14.2. The van der Waals surface area contributed by atoms with Crippen LogP contribution in [0.15, 0.2) is 35.4 Å². The summed E-state index contributed by atoms with van der Waals surface area (Å²) in [5, 5.41) is 0.441. The number of rotatable bonds is 4. The summed E-state index contributed by atoms with van der Waals surface area (Å²) in [7, 11) is 0. The number of hydrogen-bond acceptors (Lipinski definition) is 5. The molecule has 0 aliphatic carbocycles. The highest BCUT2D eigenvalue weighted by Gasteiger charge is 2.22. The van der Waals surface area contributed by atoms with Crippen molar-refractivity contribution in [2.24, 2.45) is 5.92 Å². The second-order valence-corrected chi connectivity index (χ2v) is 6.44. The number of nitrogens with zero attached hydrogens (tertiary/aromatic N) is 3. The highest BCUT2D eigenvalue weighted by molar-refractivity contribution is 5.81. The topological polar surface area (TPSA) is 81.5 Å². The van der Waals surface area contributed by atoms with Crippen molar-refractivity contribution in [3.63, 3.8) is 0 Å². The van der Waals surface area contributed by atoms with Crippen molar-refractivity contribution < 1.29 is 14.3 Å². The summed E-state index contributed by atoms with van der Waals surface area (Å²) >= 11 is 0. The Hall–Kier alpha value is -2.70. The average Bonchev–Trinajstić information content (AvgIpc) is 2.62. The molecular formula is C18H21N3O4. The minimum atomic E-state index is -0.627. The summed E-state index contributed by atoms with van der Waals surface area (Å²) in [5.74, 6) is -0.350. The maximum Gasteiger partial charge on any atom is 0.326 e. The molecule has 0 unspecified atom stereocenters. The van der Waals surface area contributed by atoms with Crippen molar-refractivity contribution in [1.29, 1.82) is 0 Å². The molecule has 25 heavy (non-hydrogen) atoms. The zero-order valence-electron chi connectivity index (χ0n) is 14.2. The second-order valence-electron chi connectivity index (χ2n) is 6.44. The number of carbonyl (C=O) groups is 2. The molecule has 1 amide bonds. The molecule has 1 aliphatic rings. The lowest BCUT2D eigenvalue weighted by Gasteiger charge is -2.30. The minimum Gasteiger partial charge on any atom is -0.454 e. The standard InChI is InChI=1S/C18H21N3O4/c1-13-5-4-8-20(9-13)16(22)11-25-17(23)10-21-12-19-15-7-3-2-6-14(15)18(21)24/h2-3,6-7,12-13H,4-5,8-11H2,1H3/t13-/m0/s1. The van der Waals surface area contributed by atoms with Crippen LogP contribution in [0, 0.1) is 5.92 Å². The van der Waals surface area contributed by atoms with Crippen LogP contribution in [0.4, 0.5) is 0 Å². The first-order valence-electron chi connectivity index (χ1n) is 8.42. The summed E-state index contributed by atoms with van der Waals surface area (Å²) in [5.41, 5.74) is 0.269. The third-order valence-electron chi connectivity index (χ3n) is 4.40. The van der Waals surface area contributed by atoms with Crippen molar-refractivity contribution in [3.05, 3.63) is 40.9 Å². The van der Waals surface area contributed by atoms with Crippen LogP contribution < -0.4 is 5.56 Å². The van der Waals surface area contributed by atoms with Gasteiger partial charge in [-0.2, -0.15) is 0 Å². The van der Waals surface area contributed by atoms with Gasteiger partial charge >= 0.3 is 5.97 Å². The van der Waals surface area contributed by atoms with Crippen LogP contribution in [0.3, 0.4) is 0 Å². The van der Waals surface area contributed by atoms with Gasteiger partial charge in [0.2, 0.25) is 0 Å². The van der Waals surface area contributed by atoms with Crippen molar-refractivity contribution >= 4 is 22.8 Å². The molecule has 1 fully saturated rings. The Morgan fingerprint density at radius 3 is 2.92 bits per heavy atom. The van der Waals surface area contributed by atoms with Crippen LogP contribution in [0.1, 0.15) is 19.8 Å². The monoisotopic (exact) mass is 343 g/mol. The molecule has 132 valence electrons. The Morgan fingerprint density at radius 2 is 2.12 bits per heavy atom. The number of esters is 1. The van der Waals surface area contributed by atoms with Gasteiger partial charge in [0.1, 0.15) is 6.54 Å². The van der Waals surface area contributed by atoms with E-state index in [-0.39, 0.29) is 24.6 Å². The van der Waals surface area contributed by atoms with E-state index in [0.717, 1.165) is 12.8 Å². The fraction of sp³-hybridized carbons (Fsp3) is 0.444. The highest BCUT2D eigenvalue weighted by Crippen LogP contribution is 2.15. The smallest absolute Gasteiger partial charge is 0.326 e. The molecule has 7 heteroatoms. The third-order valence-corrected chi connectivity index (χ3v) is 4.40. The van der Waals surface area contributed by atoms with Crippen molar-refractivity contribution in [2.45, 2.75) is 26.3 Å². The largest absolute Gasteiger partial charge is 0.454 e. The first-order valence-corrected chi connectivity index (χ1v) is 8.42. The number of para-hydroxylation sites is 1. The Morgan fingerprint density at radius 1 is 1.32 bits per heavy atom. The molecule has 0 radical (unpaired) electrons. The van der Waals surface area contributed by atoms with Gasteiger partial charge in [0.25, 0.3) is 11.5 Å². The number of likely N-dealkylation sites (tertiary alicyclic amines) is 1. The Labute approximate surface area is 145 Å². The molecular weight excluding hydrogens is 322 g/mol. The Balaban J connectivity index is 1.58. The zero-order chi connectivity index (χ0) is 17.8. The quantitative estimate of drug-likeness (QED) is 0.779. The van der Waals surface area contributed by atoms with Crippen LogP contribution in [0.5, 0.6) is 0 Å². The summed E-state index contributed by atoms with van der Waals surface area (Å²) in [6.07, 6.45) is 3.40. The van der Waals surface area contributed by atoms with Crippen LogP contribution in [0.25, 0.3) is 10.9 Å². The van der Waals surface area contributed by atoms with E-state index in [1.807, 2.05) is 0 Å². The van der Waals surface area contributed by atoms with Crippen molar-refractivity contribution in [2.75, 3.05) is 19.7 Å². The SMILES string of the molecule is C[C@H]1CCCN(C(=O)COC(=O)Cn2cnc3ccccc3c2=O)C1. The molecule has 0 N–H and O–H groups in total. The summed E-state index contributed by atoms with van der Waals surface area (Å²) < 4.78 is 6.24. The summed E-state index contributed by atoms with van der Waals surface area (Å²) in [6.45, 7) is 2.95. The van der Waals surface area contributed by atoms with E-state index in [1.165, 1.54) is 10.9 Å². The number of aromatic nitrogens is 2. The van der Waals surface area contributed by atoms with Crippen molar-refractivity contribution in [3.8, 4) is 0 Å². The van der Waals surface area contributed by atoms with E-state index in [9.17, 15) is 14.4 Å². The lowest BCUT2D eigenvalue weighted by Crippen LogP contribution is -2.41. The summed E-state index contributed by atoms with van der Waals surface area (Å²) in [6, 6.07) is 6.93. The molecule has 1 saturated heterocycles. The Bertz CT molecular complexity index is 846. The molecule has 1 aromatic heterocycles. The molecule has 1 aliphatic heterocycles. The highest BCUT2D eigenvalue weighted by atomic mass is 16.5. The molecule has 1 atom stereocenters. The normalized spacial score (nSPS) is 17.5. The van der Waals surface area contributed by atoms with E-state index in [0.29, 0.717) is 29.9 Å². The number of fused-ring (bicyclic) bond motifs is 1. The number of ether oxygens (including phenoxy) is 1. The molecule has 0 spiro atoms. The minimum absolute atomic E-state index is 0.191. The number of carbonyl (C=O) groups excluding carboxylic acids is 2. The predicted molar refractivity (Wildman–Crippen MR) is 91.9 cm³/mol. The van der Waals surface area contributed by atoms with Gasteiger partial charge in [-0.15, -0.1) is 0 Å². The predicted octanol–water partition coefficient (Wildman–Crippen LogP) is 1.20. The van der Waals surface area contributed by atoms with Crippen LogP contribution >= 0.6 is 0 Å². The van der Waals surface area contributed by atoms with Crippen LogP contribution in [0.2, 0.25) is 0 Å². The molecule has 2 heterocycles. The molecule has 2 aromatic rings. The second kappa shape index (κ2) is 7.46. The van der Waals surface area contributed by atoms with Gasteiger partial charge < -0.3 is 9.64 Å². The lowest BCUT2D eigenvalue weighted by atomic mass is 10.0. The Kier molecular flexibility index (Phi) is 5.11. The fourth-order valence-electron chi connectivity index (χ4n) is 3.05. The van der Waals surface area contributed by atoms with Crippen molar-refractivity contribution in [1.82, 2.24) is 14.5 Å². The van der Waals surface area contributed by atoms with Gasteiger partial charge in [0.05, 0.1) is 17.2 Å². The van der Waals surface area contributed by atoms with E-state index in [2.05, 4.69) is 11.9 Å². The van der Waals surface area contributed by atoms with E-state index < -0.39 is 5.97 Å². The van der Waals surface area contributed by atoms with Gasteiger partial charge in [0.15, 0.2) is 6.61 Å². The number of amides is 1. The van der Waals surface area contributed by atoms with E-state index in [1.54, 1.807) is 29.2 Å². The van der Waals surface area contributed by atoms with E-state index in [4.69, 9.17) is 4.74 Å². The first kappa shape index (κ1) is 17.1. The van der Waals surface area contributed by atoms with Gasteiger partial charge in [0, 0.05) is 13.1 Å². The summed E-state index contributed by atoms with van der Waals surface area (Å²) in [4.78, 5) is 42.3. The molecule has 0 bridgehead atoms. The van der Waals surface area contributed by atoms with Gasteiger partial charge in [-0.3, -0.25) is 19.0 Å². The fourth-order valence-corrected chi connectivity index (χ4v) is 3.05. The number of piperidine rings is 1. The third kappa shape index (κ3) is 4.04.